The van der Waals surface area contributed by atoms with Crippen molar-refractivity contribution in [1.29, 1.82) is 0 Å². The van der Waals surface area contributed by atoms with Gasteiger partial charge < -0.3 is 9.47 Å². The van der Waals surface area contributed by atoms with Crippen LogP contribution in [0.1, 0.15) is 26.3 Å². The maximum absolute atomic E-state index is 12.2. The molecule has 0 radical (unpaired) electrons. The van der Waals surface area contributed by atoms with Gasteiger partial charge in [-0.15, -0.1) is 0 Å². The largest absolute Gasteiger partial charge is 0.465 e. The first kappa shape index (κ1) is 17.1. The molecule has 23 heavy (non-hydrogen) atoms. The van der Waals surface area contributed by atoms with E-state index < -0.39 is 11.9 Å². The summed E-state index contributed by atoms with van der Waals surface area (Å²) in [6.07, 6.45) is 0.651. The van der Waals surface area contributed by atoms with Crippen LogP contribution in [0.2, 0.25) is 0 Å². The Morgan fingerprint density at radius 2 is 1.70 bits per heavy atom. The highest BCUT2D eigenvalue weighted by atomic mass is 32.1. The standard InChI is InChI=1S/C18H18O4S/c1-21-17(19)14-7-3-6-13(11-14)15-8-4-5-12(9-10-23)16(15)18(20)22-2/h3-8,11,23H,9-10H2,1-2H3. The zero-order valence-electron chi connectivity index (χ0n) is 13.0. The molecule has 0 unspecified atom stereocenters. The minimum atomic E-state index is -0.419. The van der Waals surface area contributed by atoms with Crippen molar-refractivity contribution < 1.29 is 19.1 Å². The summed E-state index contributed by atoms with van der Waals surface area (Å²) < 4.78 is 9.68. The molecule has 0 aliphatic heterocycles. The van der Waals surface area contributed by atoms with E-state index in [1.54, 1.807) is 18.2 Å². The molecule has 2 aromatic rings. The number of carbonyl (C=O) groups is 2. The molecule has 0 saturated carbocycles. The third-order valence-corrected chi connectivity index (χ3v) is 3.74. The lowest BCUT2D eigenvalue weighted by Gasteiger charge is -2.13. The Balaban J connectivity index is 2.61. The number of aryl methyl sites for hydroxylation is 1. The van der Waals surface area contributed by atoms with Gasteiger partial charge in [-0.25, -0.2) is 9.59 Å². The molecule has 0 bridgehead atoms. The molecule has 0 amide bonds. The fourth-order valence-corrected chi connectivity index (χ4v) is 2.69. The molecule has 0 aliphatic carbocycles. The van der Waals surface area contributed by atoms with E-state index in [0.717, 1.165) is 16.7 Å². The molecular weight excluding hydrogens is 312 g/mol. The molecule has 2 rings (SSSR count). The third kappa shape index (κ3) is 3.74. The molecule has 0 aromatic heterocycles. The Morgan fingerprint density at radius 1 is 1.00 bits per heavy atom. The fourth-order valence-electron chi connectivity index (χ4n) is 2.44. The van der Waals surface area contributed by atoms with E-state index in [9.17, 15) is 9.59 Å². The highest BCUT2D eigenvalue weighted by Crippen LogP contribution is 2.28. The normalized spacial score (nSPS) is 10.2. The van der Waals surface area contributed by atoms with Crippen molar-refractivity contribution in [3.63, 3.8) is 0 Å². The molecule has 4 nitrogen and oxygen atoms in total. The van der Waals surface area contributed by atoms with Crippen LogP contribution in [0.25, 0.3) is 11.1 Å². The van der Waals surface area contributed by atoms with Crippen molar-refractivity contribution in [2.75, 3.05) is 20.0 Å². The fraction of sp³-hybridized carbons (Fsp3) is 0.222. The highest BCUT2D eigenvalue weighted by molar-refractivity contribution is 7.80. The summed E-state index contributed by atoms with van der Waals surface area (Å²) >= 11 is 4.24. The average Bonchev–Trinajstić information content (AvgIpc) is 2.60. The predicted octanol–water partition coefficient (Wildman–Crippen LogP) is 3.40. The first-order valence-corrected chi connectivity index (χ1v) is 7.75. The van der Waals surface area contributed by atoms with Gasteiger partial charge in [-0.05, 0) is 41.0 Å². The number of hydrogen-bond acceptors (Lipinski definition) is 5. The Hall–Kier alpha value is -2.27. The van der Waals surface area contributed by atoms with Crippen molar-refractivity contribution in [3.8, 4) is 11.1 Å². The lowest BCUT2D eigenvalue weighted by Crippen LogP contribution is -2.09. The summed E-state index contributed by atoms with van der Waals surface area (Å²) in [5.41, 5.74) is 3.29. The van der Waals surface area contributed by atoms with Gasteiger partial charge in [0, 0.05) is 0 Å². The number of methoxy groups -OCH3 is 2. The second-order valence-corrected chi connectivity index (χ2v) is 5.32. The van der Waals surface area contributed by atoms with E-state index >= 15 is 0 Å². The van der Waals surface area contributed by atoms with Crippen LogP contribution in [-0.4, -0.2) is 31.9 Å². The molecule has 0 N–H and O–H groups in total. The molecule has 0 spiro atoms. The van der Waals surface area contributed by atoms with Crippen LogP contribution in [0.3, 0.4) is 0 Å². The van der Waals surface area contributed by atoms with Crippen molar-refractivity contribution in [2.45, 2.75) is 6.42 Å². The smallest absolute Gasteiger partial charge is 0.338 e. The van der Waals surface area contributed by atoms with Gasteiger partial charge in [0.05, 0.1) is 25.3 Å². The van der Waals surface area contributed by atoms with E-state index in [1.807, 2.05) is 24.3 Å². The predicted molar refractivity (Wildman–Crippen MR) is 92.1 cm³/mol. The number of hydrogen-bond donors (Lipinski definition) is 1. The Labute approximate surface area is 140 Å². The minimum absolute atomic E-state index is 0.402. The van der Waals surface area contributed by atoms with Crippen LogP contribution in [0.15, 0.2) is 42.5 Å². The average molecular weight is 330 g/mol. The zero-order valence-corrected chi connectivity index (χ0v) is 13.9. The van der Waals surface area contributed by atoms with E-state index in [2.05, 4.69) is 12.6 Å². The third-order valence-electron chi connectivity index (χ3n) is 3.52. The first-order chi connectivity index (χ1) is 11.1. The summed E-state index contributed by atoms with van der Waals surface area (Å²) in [6.45, 7) is 0. The molecule has 5 heteroatoms. The summed E-state index contributed by atoms with van der Waals surface area (Å²) in [5.74, 6) is -0.200. The van der Waals surface area contributed by atoms with Crippen LogP contribution >= 0.6 is 12.6 Å². The van der Waals surface area contributed by atoms with Crippen molar-refractivity contribution >= 4 is 24.6 Å². The Morgan fingerprint density at radius 3 is 2.35 bits per heavy atom. The molecule has 2 aromatic carbocycles. The van der Waals surface area contributed by atoms with Gasteiger partial charge in [0.25, 0.3) is 0 Å². The molecule has 0 fully saturated rings. The van der Waals surface area contributed by atoms with E-state index in [-0.39, 0.29) is 0 Å². The summed E-state index contributed by atoms with van der Waals surface area (Å²) in [5, 5.41) is 0. The number of esters is 2. The van der Waals surface area contributed by atoms with Gasteiger partial charge in [-0.3, -0.25) is 0 Å². The highest BCUT2D eigenvalue weighted by Gasteiger charge is 2.18. The van der Waals surface area contributed by atoms with Crippen molar-refractivity contribution in [3.05, 3.63) is 59.2 Å². The second kappa shape index (κ2) is 7.83. The topological polar surface area (TPSA) is 52.6 Å². The van der Waals surface area contributed by atoms with Gasteiger partial charge >= 0.3 is 11.9 Å². The second-order valence-electron chi connectivity index (χ2n) is 4.88. The Kier molecular flexibility index (Phi) is 5.82. The van der Waals surface area contributed by atoms with Crippen molar-refractivity contribution in [2.24, 2.45) is 0 Å². The monoisotopic (exact) mass is 330 g/mol. The van der Waals surface area contributed by atoms with Gasteiger partial charge in [-0.2, -0.15) is 12.6 Å². The maximum Gasteiger partial charge on any atom is 0.338 e. The number of thiol groups is 1. The summed E-state index contributed by atoms with van der Waals surface area (Å²) in [6, 6.07) is 12.6. The first-order valence-electron chi connectivity index (χ1n) is 7.12. The molecule has 0 atom stereocenters. The van der Waals surface area contributed by atoms with Gasteiger partial charge in [0.15, 0.2) is 0 Å². The summed E-state index contributed by atoms with van der Waals surface area (Å²) in [4.78, 5) is 24.0. The van der Waals surface area contributed by atoms with Crippen molar-refractivity contribution in [1.82, 2.24) is 0 Å². The molecular formula is C18H18O4S. The molecule has 0 aliphatic rings. The molecule has 0 heterocycles. The quantitative estimate of drug-likeness (QED) is 0.674. The zero-order chi connectivity index (χ0) is 16.8. The van der Waals surface area contributed by atoms with Crippen LogP contribution in [0.4, 0.5) is 0 Å². The van der Waals surface area contributed by atoms with Crippen LogP contribution in [0, 0.1) is 0 Å². The van der Waals surface area contributed by atoms with Crippen LogP contribution < -0.4 is 0 Å². The molecule has 0 saturated heterocycles. The van der Waals surface area contributed by atoms with E-state index in [0.29, 0.717) is 23.3 Å². The number of rotatable bonds is 5. The Bertz CT molecular complexity index is 725. The SMILES string of the molecule is COC(=O)c1cccc(-c2cccc(CCS)c2C(=O)OC)c1. The number of carbonyl (C=O) groups excluding carboxylic acids is 2. The van der Waals surface area contributed by atoms with Crippen LogP contribution in [-0.2, 0) is 15.9 Å². The number of ether oxygens (including phenoxy) is 2. The summed E-state index contributed by atoms with van der Waals surface area (Å²) in [7, 11) is 2.69. The number of benzene rings is 2. The van der Waals surface area contributed by atoms with Crippen LogP contribution in [0.5, 0.6) is 0 Å². The van der Waals surface area contributed by atoms with Gasteiger partial charge in [-0.1, -0.05) is 30.3 Å². The van der Waals surface area contributed by atoms with Gasteiger partial charge in [0.2, 0.25) is 0 Å². The maximum atomic E-state index is 12.2. The van der Waals surface area contributed by atoms with E-state index in [4.69, 9.17) is 9.47 Å². The minimum Gasteiger partial charge on any atom is -0.465 e. The lowest BCUT2D eigenvalue weighted by atomic mass is 9.93. The molecule has 120 valence electrons. The van der Waals surface area contributed by atoms with E-state index in [1.165, 1.54) is 14.2 Å². The van der Waals surface area contributed by atoms with Gasteiger partial charge in [0.1, 0.15) is 0 Å². The lowest BCUT2D eigenvalue weighted by molar-refractivity contribution is 0.0592.